The molecule has 0 unspecified atom stereocenters. The molecule has 2 heterocycles. The molecule has 0 atom stereocenters. The van der Waals surface area contributed by atoms with Crippen LogP contribution in [0.15, 0.2) is 54.7 Å². The third-order valence-electron chi connectivity index (χ3n) is 6.41. The summed E-state index contributed by atoms with van der Waals surface area (Å²) < 4.78 is 13.2. The van der Waals surface area contributed by atoms with Crippen LogP contribution in [-0.2, 0) is 27.5 Å². The van der Waals surface area contributed by atoms with Gasteiger partial charge in [0.1, 0.15) is 23.7 Å². The zero-order valence-corrected chi connectivity index (χ0v) is 25.6. The lowest BCUT2D eigenvalue weighted by atomic mass is 10.2. The Morgan fingerprint density at radius 1 is 1.14 bits per heavy atom. The number of nitrogens with one attached hydrogen (secondary N) is 2. The highest BCUT2D eigenvalue weighted by Gasteiger charge is 2.20. The van der Waals surface area contributed by atoms with Crippen molar-refractivity contribution in [3.05, 3.63) is 75.9 Å². The maximum Gasteiger partial charge on any atom is 0.297 e. The monoisotopic (exact) mass is 640 g/mol. The molecule has 0 aliphatic carbocycles. The van der Waals surface area contributed by atoms with Crippen LogP contribution in [0.3, 0.4) is 0 Å². The lowest BCUT2D eigenvalue weighted by Gasteiger charge is -2.21. The molecule has 0 fully saturated rings. The topological polar surface area (TPSA) is 148 Å². The molecular formula is C30H30Cl2N6O6. The second-order valence-corrected chi connectivity index (χ2v) is 10.2. The molecule has 4 aromatic rings. The van der Waals surface area contributed by atoms with Gasteiger partial charge in [0.05, 0.1) is 43.0 Å². The summed E-state index contributed by atoms with van der Waals surface area (Å²) in [6, 6.07) is 12.2. The number of carbonyl (C=O) groups is 3. The number of carbonyl (C=O) groups excluding carboxylic acids is 3. The van der Waals surface area contributed by atoms with Gasteiger partial charge in [0.15, 0.2) is 0 Å². The average molecular weight is 642 g/mol. The summed E-state index contributed by atoms with van der Waals surface area (Å²) in [5, 5.41) is 15.2. The maximum absolute atomic E-state index is 12.9. The number of aromatic nitrogens is 3. The number of nitrogens with zero attached hydrogens (tertiary/aromatic N) is 4. The third-order valence-corrected chi connectivity index (χ3v) is 7.18. The Bertz CT molecular complexity index is 1710. The summed E-state index contributed by atoms with van der Waals surface area (Å²) in [6.07, 6.45) is 4.30. The number of imidazole rings is 1. The molecule has 0 radical (unpaired) electrons. The quantitative estimate of drug-likeness (QED) is 0.196. The number of fused-ring (bicyclic) bond motifs is 1. The predicted octanol–water partition coefficient (Wildman–Crippen LogP) is 4.07. The van der Waals surface area contributed by atoms with E-state index in [4.69, 9.17) is 32.7 Å². The van der Waals surface area contributed by atoms with E-state index >= 15 is 0 Å². The molecule has 0 aliphatic heterocycles. The van der Waals surface area contributed by atoms with E-state index in [-0.39, 0.29) is 37.2 Å². The van der Waals surface area contributed by atoms with Crippen LogP contribution in [0.4, 0.5) is 11.5 Å². The minimum Gasteiger partial charge on any atom is -0.487 e. The third kappa shape index (κ3) is 7.64. The van der Waals surface area contributed by atoms with E-state index < -0.39 is 11.8 Å². The van der Waals surface area contributed by atoms with Gasteiger partial charge >= 0.3 is 0 Å². The van der Waals surface area contributed by atoms with Gasteiger partial charge in [-0.25, -0.2) is 4.98 Å². The number of halogens is 2. The highest BCUT2D eigenvalue weighted by Crippen LogP contribution is 2.36. The van der Waals surface area contributed by atoms with E-state index in [2.05, 4.69) is 20.6 Å². The normalized spacial score (nSPS) is 11.0. The van der Waals surface area contributed by atoms with Crippen molar-refractivity contribution in [1.82, 2.24) is 19.9 Å². The molecule has 0 saturated carbocycles. The number of pyridine rings is 1. The van der Waals surface area contributed by atoms with Crippen LogP contribution in [0, 0.1) is 0 Å². The Hall–Kier alpha value is -4.65. The Labute approximate surface area is 263 Å². The maximum atomic E-state index is 12.9. The van der Waals surface area contributed by atoms with Gasteiger partial charge in [0.2, 0.25) is 17.7 Å². The number of aliphatic hydroxyl groups excluding tert-OH is 1. The fourth-order valence-corrected chi connectivity index (χ4v) is 4.85. The first-order valence-electron chi connectivity index (χ1n) is 13.3. The molecule has 0 bridgehead atoms. The number of methoxy groups -OCH3 is 1. The van der Waals surface area contributed by atoms with Crippen molar-refractivity contribution in [2.45, 2.75) is 20.1 Å². The van der Waals surface area contributed by atoms with Gasteiger partial charge in [-0.05, 0) is 48.0 Å². The van der Waals surface area contributed by atoms with E-state index in [0.29, 0.717) is 50.4 Å². The van der Waals surface area contributed by atoms with Crippen molar-refractivity contribution in [3.63, 3.8) is 0 Å². The van der Waals surface area contributed by atoms with E-state index in [0.717, 1.165) is 0 Å². The van der Waals surface area contributed by atoms with Gasteiger partial charge in [-0.1, -0.05) is 29.3 Å². The summed E-state index contributed by atoms with van der Waals surface area (Å²) in [5.41, 5.74) is 2.72. The average Bonchev–Trinajstić information content (AvgIpc) is 3.37. The summed E-state index contributed by atoms with van der Waals surface area (Å²) in [5.74, 6) is -0.275. The Morgan fingerprint density at radius 3 is 2.61 bits per heavy atom. The number of amides is 3. The molecule has 0 spiro atoms. The summed E-state index contributed by atoms with van der Waals surface area (Å²) in [4.78, 5) is 46.2. The van der Waals surface area contributed by atoms with Gasteiger partial charge in [0.25, 0.3) is 6.01 Å². The molecule has 44 heavy (non-hydrogen) atoms. The minimum atomic E-state index is -0.486. The van der Waals surface area contributed by atoms with Crippen LogP contribution in [0.1, 0.15) is 18.1 Å². The lowest BCUT2D eigenvalue weighted by Crippen LogP contribution is -2.37. The molecule has 2 aromatic heterocycles. The van der Waals surface area contributed by atoms with Crippen LogP contribution in [-0.4, -0.2) is 64.7 Å². The Balaban J connectivity index is 1.41. The van der Waals surface area contributed by atoms with Gasteiger partial charge in [-0.15, -0.1) is 0 Å². The molecule has 230 valence electrons. The standard InChI is InChI=1S/C30H30Cl2N6O6/c1-18(40)35-25-11-7-19(15-33-25)8-12-26(41)34-16-27(42)37(2)23-10-9-21(31)20(28(23)32)17-44-24-6-4-5-22-29(24)38(13-14-39)30(36-22)43-3/h4-12,15,39H,13-14,16-17H2,1-3H3,(H,34,41)(H,33,35,40). The molecular weight excluding hydrogens is 611 g/mol. The first kappa shape index (κ1) is 32.3. The zero-order valence-electron chi connectivity index (χ0n) is 24.1. The lowest BCUT2D eigenvalue weighted by molar-refractivity contribution is -0.122. The predicted molar refractivity (Wildman–Crippen MR) is 168 cm³/mol. The SMILES string of the molecule is COc1nc2cccc(OCc3c(Cl)ccc(N(C)C(=O)CNC(=O)C=Cc4ccc(NC(C)=O)nc4)c3Cl)c2n1CCO. The first-order valence-corrected chi connectivity index (χ1v) is 14.1. The summed E-state index contributed by atoms with van der Waals surface area (Å²) >= 11 is 13.2. The van der Waals surface area contributed by atoms with E-state index in [9.17, 15) is 19.5 Å². The van der Waals surface area contributed by atoms with Crippen molar-refractivity contribution in [1.29, 1.82) is 0 Å². The van der Waals surface area contributed by atoms with E-state index in [1.807, 2.05) is 0 Å². The molecule has 14 heteroatoms. The minimum absolute atomic E-state index is 0.0263. The highest BCUT2D eigenvalue weighted by atomic mass is 35.5. The number of hydrogen-bond donors (Lipinski definition) is 3. The van der Waals surface area contributed by atoms with Gasteiger partial charge < -0.3 is 30.1 Å². The number of aliphatic hydroxyl groups is 1. The molecule has 0 saturated heterocycles. The van der Waals surface area contributed by atoms with Crippen molar-refractivity contribution in [2.75, 3.05) is 37.5 Å². The van der Waals surface area contributed by atoms with Gasteiger partial charge in [-0.3, -0.25) is 19.0 Å². The smallest absolute Gasteiger partial charge is 0.297 e. The van der Waals surface area contributed by atoms with Crippen LogP contribution in [0.5, 0.6) is 11.8 Å². The molecule has 0 aliphatic rings. The fourth-order valence-electron chi connectivity index (χ4n) is 4.24. The highest BCUT2D eigenvalue weighted by molar-refractivity contribution is 6.38. The molecule has 3 N–H and O–H groups in total. The largest absolute Gasteiger partial charge is 0.487 e. The van der Waals surface area contributed by atoms with Crippen LogP contribution >= 0.6 is 23.2 Å². The van der Waals surface area contributed by atoms with E-state index in [1.54, 1.807) is 47.0 Å². The van der Waals surface area contributed by atoms with Crippen LogP contribution in [0.2, 0.25) is 10.0 Å². The van der Waals surface area contributed by atoms with Crippen molar-refractivity contribution < 1.29 is 29.0 Å². The molecule has 2 aromatic carbocycles. The van der Waals surface area contributed by atoms with Crippen molar-refractivity contribution >= 4 is 69.5 Å². The number of benzene rings is 2. The Kier molecular flexibility index (Phi) is 10.8. The fraction of sp³-hybridized carbons (Fsp3) is 0.233. The second-order valence-electron chi connectivity index (χ2n) is 9.41. The molecule has 4 rings (SSSR count). The number of ether oxygens (including phenoxy) is 2. The molecule has 12 nitrogen and oxygen atoms in total. The molecule has 3 amide bonds. The van der Waals surface area contributed by atoms with Crippen molar-refractivity contribution in [3.8, 4) is 11.8 Å². The second kappa shape index (κ2) is 14.7. The van der Waals surface area contributed by atoms with Gasteiger partial charge in [-0.2, -0.15) is 4.98 Å². The summed E-state index contributed by atoms with van der Waals surface area (Å²) in [6.45, 7) is 1.19. The van der Waals surface area contributed by atoms with E-state index in [1.165, 1.54) is 44.3 Å². The summed E-state index contributed by atoms with van der Waals surface area (Å²) in [7, 11) is 3.03. The van der Waals surface area contributed by atoms with Crippen LogP contribution in [0.25, 0.3) is 17.1 Å². The van der Waals surface area contributed by atoms with Crippen molar-refractivity contribution in [2.24, 2.45) is 0 Å². The van der Waals surface area contributed by atoms with Crippen LogP contribution < -0.4 is 25.0 Å². The first-order chi connectivity index (χ1) is 21.1. The Morgan fingerprint density at radius 2 is 1.93 bits per heavy atom. The van der Waals surface area contributed by atoms with Gasteiger partial charge in [0, 0.05) is 36.8 Å². The number of anilines is 2. The number of likely N-dealkylation sites (N-methyl/N-ethyl adjacent to an activating group) is 1. The number of rotatable bonds is 12. The number of hydrogen-bond acceptors (Lipinski definition) is 8. The number of para-hydroxylation sites is 1. The zero-order chi connectivity index (χ0) is 31.8.